The smallest absolute Gasteiger partial charge is 0.328 e. The largest absolute Gasteiger partial charge is 0.480 e. The molecule has 168 valence electrons. The van der Waals surface area contributed by atoms with Crippen molar-refractivity contribution >= 4 is 35.5 Å². The standard InChI is InChI=1S/C17H28N6O6S/c1-9(24)14(17(28)29)23-16(27)12(5-10-6-19-8-21-10)22-13(25)7-20-15(26)11(18)3-4-30-2/h6,8-9,11-12,14,24H,3-5,7,18H2,1-2H3,(H,19,21)(H,20,26)(H,22,25)(H,23,27)(H,28,29). The van der Waals surface area contributed by atoms with E-state index in [2.05, 4.69) is 25.9 Å². The zero-order chi connectivity index (χ0) is 22.7. The van der Waals surface area contributed by atoms with Crippen LogP contribution in [-0.2, 0) is 25.6 Å². The number of amides is 3. The van der Waals surface area contributed by atoms with E-state index in [4.69, 9.17) is 10.8 Å². The molecule has 12 nitrogen and oxygen atoms in total. The maximum atomic E-state index is 12.5. The average Bonchev–Trinajstić information content (AvgIpc) is 3.20. The van der Waals surface area contributed by atoms with Gasteiger partial charge in [0, 0.05) is 18.3 Å². The number of rotatable bonds is 13. The number of aromatic amines is 1. The van der Waals surface area contributed by atoms with Gasteiger partial charge in [-0.1, -0.05) is 0 Å². The molecule has 0 fully saturated rings. The second kappa shape index (κ2) is 12.8. The second-order valence-electron chi connectivity index (χ2n) is 6.57. The topological polar surface area (TPSA) is 200 Å². The molecule has 4 atom stereocenters. The highest BCUT2D eigenvalue weighted by atomic mass is 32.2. The summed E-state index contributed by atoms with van der Waals surface area (Å²) in [5.74, 6) is -2.69. The molecule has 0 bridgehead atoms. The Kier molecular flexibility index (Phi) is 10.9. The summed E-state index contributed by atoms with van der Waals surface area (Å²) < 4.78 is 0. The molecule has 0 aliphatic rings. The molecule has 0 aromatic carbocycles. The zero-order valence-corrected chi connectivity index (χ0v) is 17.6. The van der Waals surface area contributed by atoms with Gasteiger partial charge in [-0.15, -0.1) is 0 Å². The van der Waals surface area contributed by atoms with Crippen LogP contribution < -0.4 is 21.7 Å². The van der Waals surface area contributed by atoms with Crippen LogP contribution in [0.15, 0.2) is 12.5 Å². The number of thioether (sulfide) groups is 1. The molecule has 1 aromatic heterocycles. The van der Waals surface area contributed by atoms with E-state index in [1.807, 2.05) is 6.26 Å². The van der Waals surface area contributed by atoms with Crippen LogP contribution in [0.3, 0.4) is 0 Å². The molecule has 0 saturated carbocycles. The quantitative estimate of drug-likeness (QED) is 0.173. The van der Waals surface area contributed by atoms with Crippen molar-refractivity contribution in [2.45, 2.75) is 44.0 Å². The monoisotopic (exact) mass is 444 g/mol. The highest BCUT2D eigenvalue weighted by Gasteiger charge is 2.30. The molecule has 0 aliphatic carbocycles. The van der Waals surface area contributed by atoms with Crippen molar-refractivity contribution in [1.82, 2.24) is 25.9 Å². The molecule has 13 heteroatoms. The van der Waals surface area contributed by atoms with Gasteiger partial charge in [0.2, 0.25) is 17.7 Å². The normalized spacial score (nSPS) is 14.8. The molecule has 4 unspecified atom stereocenters. The van der Waals surface area contributed by atoms with Crippen molar-refractivity contribution in [2.75, 3.05) is 18.6 Å². The van der Waals surface area contributed by atoms with Crippen molar-refractivity contribution in [3.05, 3.63) is 18.2 Å². The predicted octanol–water partition coefficient (Wildman–Crippen LogP) is -2.42. The molecule has 8 N–H and O–H groups in total. The van der Waals surface area contributed by atoms with Crippen molar-refractivity contribution in [2.24, 2.45) is 5.73 Å². The number of H-pyrrole nitrogens is 1. The van der Waals surface area contributed by atoms with E-state index in [9.17, 15) is 24.3 Å². The number of aliphatic hydroxyl groups excluding tert-OH is 1. The van der Waals surface area contributed by atoms with Gasteiger partial charge in [0.15, 0.2) is 6.04 Å². The fourth-order valence-electron chi connectivity index (χ4n) is 2.39. The predicted molar refractivity (Wildman–Crippen MR) is 109 cm³/mol. The molecule has 0 spiro atoms. The van der Waals surface area contributed by atoms with E-state index in [0.29, 0.717) is 17.9 Å². The summed E-state index contributed by atoms with van der Waals surface area (Å²) in [6, 6.07) is -3.47. The summed E-state index contributed by atoms with van der Waals surface area (Å²) in [5, 5.41) is 25.7. The number of aromatic nitrogens is 2. The van der Waals surface area contributed by atoms with Gasteiger partial charge in [0.1, 0.15) is 6.04 Å². The number of hydrogen-bond donors (Lipinski definition) is 7. The summed E-state index contributed by atoms with van der Waals surface area (Å²) in [7, 11) is 0. The Morgan fingerprint density at radius 1 is 1.27 bits per heavy atom. The van der Waals surface area contributed by atoms with Gasteiger partial charge in [-0.25, -0.2) is 9.78 Å². The maximum absolute atomic E-state index is 12.5. The van der Waals surface area contributed by atoms with Gasteiger partial charge in [-0.2, -0.15) is 11.8 Å². The maximum Gasteiger partial charge on any atom is 0.328 e. The minimum Gasteiger partial charge on any atom is -0.480 e. The molecule has 3 amide bonds. The fraction of sp³-hybridized carbons (Fsp3) is 0.588. The van der Waals surface area contributed by atoms with Gasteiger partial charge >= 0.3 is 5.97 Å². The van der Waals surface area contributed by atoms with Crippen molar-refractivity contribution in [1.29, 1.82) is 0 Å². The molecular formula is C17H28N6O6S. The lowest BCUT2D eigenvalue weighted by atomic mass is 10.1. The lowest BCUT2D eigenvalue weighted by molar-refractivity contribution is -0.145. The molecule has 0 radical (unpaired) electrons. The van der Waals surface area contributed by atoms with Gasteiger partial charge in [0.25, 0.3) is 0 Å². The number of carboxylic acid groups (broad SMARTS) is 1. The number of carbonyl (C=O) groups is 4. The van der Waals surface area contributed by atoms with E-state index in [-0.39, 0.29) is 6.42 Å². The van der Waals surface area contributed by atoms with E-state index >= 15 is 0 Å². The fourth-order valence-corrected chi connectivity index (χ4v) is 2.88. The third kappa shape index (κ3) is 8.80. The van der Waals surface area contributed by atoms with Crippen LogP contribution in [0.4, 0.5) is 0 Å². The minimum absolute atomic E-state index is 0.00902. The number of aliphatic carboxylic acids is 1. The SMILES string of the molecule is CSCCC(N)C(=O)NCC(=O)NC(Cc1cnc[nH]1)C(=O)NC(C(=O)O)C(C)O. The summed E-state index contributed by atoms with van der Waals surface area (Å²) in [4.78, 5) is 54.5. The highest BCUT2D eigenvalue weighted by Crippen LogP contribution is 2.02. The van der Waals surface area contributed by atoms with E-state index in [1.165, 1.54) is 19.4 Å². The van der Waals surface area contributed by atoms with Crippen LogP contribution in [0, 0.1) is 0 Å². The molecule has 0 aliphatic heterocycles. The van der Waals surface area contributed by atoms with Gasteiger partial charge < -0.3 is 36.9 Å². The number of carbonyl (C=O) groups excluding carboxylic acids is 3. The molecule has 0 saturated heterocycles. The number of aliphatic hydroxyl groups is 1. The van der Waals surface area contributed by atoms with E-state index in [0.717, 1.165) is 0 Å². The first-order valence-corrected chi connectivity index (χ1v) is 10.5. The number of carboxylic acids is 1. The molecule has 30 heavy (non-hydrogen) atoms. The number of nitrogens with one attached hydrogen (secondary N) is 4. The van der Waals surface area contributed by atoms with Crippen LogP contribution in [0.1, 0.15) is 19.0 Å². The van der Waals surface area contributed by atoms with Gasteiger partial charge in [-0.3, -0.25) is 14.4 Å². The Bertz CT molecular complexity index is 714. The van der Waals surface area contributed by atoms with Crippen LogP contribution in [0.5, 0.6) is 0 Å². The van der Waals surface area contributed by atoms with Crippen LogP contribution in [0.2, 0.25) is 0 Å². The third-order valence-electron chi connectivity index (χ3n) is 4.07. The van der Waals surface area contributed by atoms with Crippen LogP contribution in [0.25, 0.3) is 0 Å². The summed E-state index contributed by atoms with van der Waals surface area (Å²) in [6.45, 7) is 0.814. The molecule has 1 aromatic rings. The van der Waals surface area contributed by atoms with E-state index in [1.54, 1.807) is 11.8 Å². The average molecular weight is 445 g/mol. The zero-order valence-electron chi connectivity index (χ0n) is 16.8. The summed E-state index contributed by atoms with van der Waals surface area (Å²) in [6.07, 6.45) is 3.81. The number of nitrogens with two attached hydrogens (primary N) is 1. The molecule has 1 rings (SSSR count). The van der Waals surface area contributed by atoms with Crippen LogP contribution >= 0.6 is 11.8 Å². The highest BCUT2D eigenvalue weighted by molar-refractivity contribution is 7.98. The van der Waals surface area contributed by atoms with Crippen molar-refractivity contribution < 1.29 is 29.4 Å². The van der Waals surface area contributed by atoms with Gasteiger partial charge in [-0.05, 0) is 25.4 Å². The first-order chi connectivity index (χ1) is 14.1. The Morgan fingerprint density at radius 2 is 1.97 bits per heavy atom. The van der Waals surface area contributed by atoms with Crippen molar-refractivity contribution in [3.8, 4) is 0 Å². The van der Waals surface area contributed by atoms with Gasteiger partial charge in [0.05, 0.1) is 25.0 Å². The number of imidazole rings is 1. The lowest BCUT2D eigenvalue weighted by Crippen LogP contribution is -2.56. The first-order valence-electron chi connectivity index (χ1n) is 9.15. The third-order valence-corrected chi connectivity index (χ3v) is 4.71. The molecule has 1 heterocycles. The van der Waals surface area contributed by atoms with E-state index < -0.39 is 54.5 Å². The summed E-state index contributed by atoms with van der Waals surface area (Å²) >= 11 is 1.54. The first kappa shape index (κ1) is 25.4. The Hall–Kier alpha value is -2.64. The number of hydrogen-bond acceptors (Lipinski definition) is 8. The Morgan fingerprint density at radius 3 is 2.50 bits per heavy atom. The Balaban J connectivity index is 2.73. The number of nitrogens with zero attached hydrogens (tertiary/aromatic N) is 1. The second-order valence-corrected chi connectivity index (χ2v) is 7.56. The minimum atomic E-state index is -1.55. The Labute approximate surface area is 177 Å². The molecular weight excluding hydrogens is 416 g/mol. The summed E-state index contributed by atoms with van der Waals surface area (Å²) in [5.41, 5.74) is 6.25. The lowest BCUT2D eigenvalue weighted by Gasteiger charge is -2.22. The van der Waals surface area contributed by atoms with Crippen LogP contribution in [-0.4, -0.2) is 86.7 Å². The van der Waals surface area contributed by atoms with Crippen molar-refractivity contribution in [3.63, 3.8) is 0 Å².